The average molecular weight is 208 g/mol. The second kappa shape index (κ2) is 4.00. The molecule has 13 heavy (non-hydrogen) atoms. The third-order valence-corrected chi connectivity index (χ3v) is 1.89. The van der Waals surface area contributed by atoms with E-state index in [1.165, 1.54) is 0 Å². The lowest BCUT2D eigenvalue weighted by atomic mass is 10.1. The normalized spacial score (nSPS) is 13.0. The summed E-state index contributed by atoms with van der Waals surface area (Å²) in [4.78, 5) is 0. The van der Waals surface area contributed by atoms with Gasteiger partial charge in [0.05, 0.1) is 17.7 Å². The largest absolute Gasteiger partial charge is 0.394 e. The number of halogens is 3. The number of hydrogen-bond donors (Lipinski definition) is 2. The highest BCUT2D eigenvalue weighted by Crippen LogP contribution is 2.23. The van der Waals surface area contributed by atoms with Gasteiger partial charge in [-0.1, -0.05) is 11.6 Å². The Bertz CT molecular complexity index is 319. The van der Waals surface area contributed by atoms with Gasteiger partial charge >= 0.3 is 0 Å². The molecule has 0 amide bonds. The van der Waals surface area contributed by atoms with E-state index in [0.29, 0.717) is 0 Å². The zero-order valence-electron chi connectivity index (χ0n) is 6.60. The molecule has 0 spiro atoms. The van der Waals surface area contributed by atoms with Crippen molar-refractivity contribution in [3.8, 4) is 0 Å². The van der Waals surface area contributed by atoms with Gasteiger partial charge in [0.1, 0.15) is 11.6 Å². The molecule has 72 valence electrons. The Morgan fingerprint density at radius 1 is 1.46 bits per heavy atom. The summed E-state index contributed by atoms with van der Waals surface area (Å²) < 4.78 is 25.8. The van der Waals surface area contributed by atoms with E-state index in [0.717, 1.165) is 12.1 Å². The summed E-state index contributed by atoms with van der Waals surface area (Å²) in [7, 11) is 0. The van der Waals surface area contributed by atoms with Crippen molar-refractivity contribution >= 4 is 11.6 Å². The molecular formula is C8H8ClF2NO. The highest BCUT2D eigenvalue weighted by atomic mass is 35.5. The quantitative estimate of drug-likeness (QED) is 0.724. The Labute approximate surface area is 78.9 Å². The van der Waals surface area contributed by atoms with Crippen molar-refractivity contribution < 1.29 is 13.9 Å². The lowest BCUT2D eigenvalue weighted by molar-refractivity contribution is 0.265. The van der Waals surface area contributed by atoms with E-state index in [2.05, 4.69) is 0 Å². The number of nitrogens with two attached hydrogens (primary N) is 1. The Balaban J connectivity index is 3.20. The first-order valence-electron chi connectivity index (χ1n) is 3.57. The lowest BCUT2D eigenvalue weighted by Gasteiger charge is -2.10. The van der Waals surface area contributed by atoms with Crippen LogP contribution in [0.25, 0.3) is 0 Å². The Hall–Kier alpha value is -0.710. The van der Waals surface area contributed by atoms with E-state index in [1.807, 2.05) is 0 Å². The zero-order valence-corrected chi connectivity index (χ0v) is 7.35. The number of aliphatic hydroxyl groups is 1. The van der Waals surface area contributed by atoms with Gasteiger partial charge in [-0.3, -0.25) is 0 Å². The van der Waals surface area contributed by atoms with E-state index in [4.69, 9.17) is 22.4 Å². The third kappa shape index (κ3) is 2.15. The average Bonchev–Trinajstić information content (AvgIpc) is 2.10. The molecule has 0 heterocycles. The smallest absolute Gasteiger partial charge is 0.146 e. The van der Waals surface area contributed by atoms with Gasteiger partial charge in [0.2, 0.25) is 0 Å². The van der Waals surface area contributed by atoms with E-state index in [9.17, 15) is 8.78 Å². The fourth-order valence-electron chi connectivity index (χ4n) is 0.944. The molecule has 1 rings (SSSR count). The summed E-state index contributed by atoms with van der Waals surface area (Å²) in [5.41, 5.74) is 5.20. The van der Waals surface area contributed by atoms with Gasteiger partial charge in [0.25, 0.3) is 0 Å². The number of rotatable bonds is 2. The van der Waals surface area contributed by atoms with Crippen molar-refractivity contribution in [2.75, 3.05) is 6.61 Å². The van der Waals surface area contributed by atoms with E-state index < -0.39 is 24.3 Å². The van der Waals surface area contributed by atoms with Gasteiger partial charge in [-0.05, 0) is 12.1 Å². The van der Waals surface area contributed by atoms with Crippen molar-refractivity contribution in [1.82, 2.24) is 0 Å². The summed E-state index contributed by atoms with van der Waals surface area (Å²) in [6.07, 6.45) is 0. The zero-order chi connectivity index (χ0) is 10.0. The number of hydrogen-bond acceptors (Lipinski definition) is 2. The van der Waals surface area contributed by atoms with Crippen LogP contribution in [0.2, 0.25) is 5.02 Å². The molecule has 0 saturated carbocycles. The SMILES string of the molecule is NC(CO)c1cc(F)cc(Cl)c1F. The first-order valence-corrected chi connectivity index (χ1v) is 3.95. The Morgan fingerprint density at radius 3 is 2.62 bits per heavy atom. The van der Waals surface area contributed by atoms with Crippen LogP contribution in [0.1, 0.15) is 11.6 Å². The van der Waals surface area contributed by atoms with Crippen LogP contribution < -0.4 is 5.73 Å². The Kier molecular flexibility index (Phi) is 3.19. The van der Waals surface area contributed by atoms with Crippen LogP contribution in [0, 0.1) is 11.6 Å². The topological polar surface area (TPSA) is 46.2 Å². The minimum absolute atomic E-state index is 0.118. The molecular weight excluding hydrogens is 200 g/mol. The second-order valence-corrected chi connectivity index (χ2v) is 2.99. The van der Waals surface area contributed by atoms with Gasteiger partial charge in [0, 0.05) is 5.56 Å². The van der Waals surface area contributed by atoms with Crippen LogP contribution in [-0.4, -0.2) is 11.7 Å². The summed E-state index contributed by atoms with van der Waals surface area (Å²) in [5.74, 6) is -1.46. The predicted molar refractivity (Wildman–Crippen MR) is 45.4 cm³/mol. The highest BCUT2D eigenvalue weighted by molar-refractivity contribution is 6.30. The minimum Gasteiger partial charge on any atom is -0.394 e. The van der Waals surface area contributed by atoms with Gasteiger partial charge in [-0.15, -0.1) is 0 Å². The lowest BCUT2D eigenvalue weighted by Crippen LogP contribution is -2.16. The van der Waals surface area contributed by atoms with E-state index in [-0.39, 0.29) is 10.6 Å². The molecule has 0 aliphatic rings. The fraction of sp³-hybridized carbons (Fsp3) is 0.250. The summed E-state index contributed by atoms with van der Waals surface area (Å²) in [6.45, 7) is -0.462. The van der Waals surface area contributed by atoms with Crippen LogP contribution >= 0.6 is 11.6 Å². The molecule has 1 unspecified atom stereocenters. The van der Waals surface area contributed by atoms with Crippen molar-refractivity contribution in [1.29, 1.82) is 0 Å². The maximum atomic E-state index is 13.1. The number of aliphatic hydroxyl groups excluding tert-OH is 1. The van der Waals surface area contributed by atoms with Crippen LogP contribution in [0.3, 0.4) is 0 Å². The summed E-state index contributed by atoms with van der Waals surface area (Å²) in [6, 6.07) is 0.820. The van der Waals surface area contributed by atoms with E-state index in [1.54, 1.807) is 0 Å². The molecule has 5 heteroatoms. The molecule has 1 atom stereocenters. The van der Waals surface area contributed by atoms with Crippen molar-refractivity contribution in [3.05, 3.63) is 34.4 Å². The van der Waals surface area contributed by atoms with Crippen LogP contribution in [0.15, 0.2) is 12.1 Å². The van der Waals surface area contributed by atoms with Crippen molar-refractivity contribution in [2.45, 2.75) is 6.04 Å². The molecule has 0 radical (unpaired) electrons. The maximum Gasteiger partial charge on any atom is 0.146 e. The Morgan fingerprint density at radius 2 is 2.08 bits per heavy atom. The molecule has 3 N–H and O–H groups in total. The van der Waals surface area contributed by atoms with Gasteiger partial charge in [-0.25, -0.2) is 8.78 Å². The highest BCUT2D eigenvalue weighted by Gasteiger charge is 2.14. The molecule has 1 aromatic rings. The predicted octanol–water partition coefficient (Wildman–Crippen LogP) is 1.61. The first kappa shape index (κ1) is 10.4. The second-order valence-electron chi connectivity index (χ2n) is 2.58. The fourth-order valence-corrected chi connectivity index (χ4v) is 1.16. The van der Waals surface area contributed by atoms with Crippen LogP contribution in [0.4, 0.5) is 8.78 Å². The molecule has 0 aromatic heterocycles. The molecule has 1 aromatic carbocycles. The van der Waals surface area contributed by atoms with Gasteiger partial charge < -0.3 is 10.8 Å². The van der Waals surface area contributed by atoms with Crippen LogP contribution in [-0.2, 0) is 0 Å². The first-order chi connectivity index (χ1) is 6.06. The third-order valence-electron chi connectivity index (χ3n) is 1.62. The molecule has 0 bridgehead atoms. The van der Waals surface area contributed by atoms with Crippen molar-refractivity contribution in [2.24, 2.45) is 5.73 Å². The minimum atomic E-state index is -0.951. The van der Waals surface area contributed by atoms with Gasteiger partial charge in [-0.2, -0.15) is 0 Å². The van der Waals surface area contributed by atoms with Gasteiger partial charge in [0.15, 0.2) is 0 Å². The van der Waals surface area contributed by atoms with Crippen LogP contribution in [0.5, 0.6) is 0 Å². The van der Waals surface area contributed by atoms with E-state index >= 15 is 0 Å². The molecule has 0 saturated heterocycles. The molecule has 2 nitrogen and oxygen atoms in total. The molecule has 0 aliphatic carbocycles. The monoisotopic (exact) mass is 207 g/mol. The van der Waals surface area contributed by atoms with Crippen molar-refractivity contribution in [3.63, 3.8) is 0 Å². The molecule has 0 aliphatic heterocycles. The maximum absolute atomic E-state index is 13.1. The summed E-state index contributed by atoms with van der Waals surface area (Å²) in [5, 5.41) is 8.30. The number of benzene rings is 1. The standard InChI is InChI=1S/C8H8ClF2NO/c9-6-2-4(10)1-5(8(6)11)7(12)3-13/h1-2,7,13H,3,12H2. The molecule has 0 fully saturated rings. The summed E-state index contributed by atoms with van der Waals surface area (Å²) >= 11 is 5.37.